The Hall–Kier alpha value is -1.00. The van der Waals surface area contributed by atoms with Crippen LogP contribution < -0.4 is 10.5 Å². The molecule has 0 aliphatic heterocycles. The molecule has 2 aromatic rings. The van der Waals surface area contributed by atoms with E-state index in [1.807, 2.05) is 42.5 Å². The predicted octanol–water partition coefficient (Wildman–Crippen LogP) is 4.59. The summed E-state index contributed by atoms with van der Waals surface area (Å²) < 4.78 is 7.58. The Balaban J connectivity index is 2.27. The topological polar surface area (TPSA) is 35.2 Å². The first kappa shape index (κ1) is 11.5. The van der Waals surface area contributed by atoms with E-state index >= 15 is 0 Å². The van der Waals surface area contributed by atoms with Gasteiger partial charge in [-0.05, 0) is 36.4 Å². The monoisotopic (exact) mass is 341 g/mol. The summed E-state index contributed by atoms with van der Waals surface area (Å²) in [5.74, 6) is 1.41. The van der Waals surface area contributed by atoms with E-state index in [0.717, 1.165) is 14.7 Å². The van der Waals surface area contributed by atoms with Crippen molar-refractivity contribution in [2.24, 2.45) is 0 Å². The minimum Gasteiger partial charge on any atom is -0.455 e. The molecule has 82 valence electrons. The number of benzene rings is 2. The maximum Gasteiger partial charge on any atom is 0.150 e. The summed E-state index contributed by atoms with van der Waals surface area (Å²) in [6.07, 6.45) is 0. The summed E-state index contributed by atoms with van der Waals surface area (Å²) in [5, 5.41) is 0. The van der Waals surface area contributed by atoms with Gasteiger partial charge in [-0.1, -0.05) is 37.9 Å². The summed E-state index contributed by atoms with van der Waals surface area (Å²) >= 11 is 6.74. The van der Waals surface area contributed by atoms with Gasteiger partial charge in [-0.15, -0.1) is 0 Å². The van der Waals surface area contributed by atoms with Crippen molar-refractivity contribution in [2.75, 3.05) is 5.73 Å². The highest BCUT2D eigenvalue weighted by Gasteiger charge is 2.02. The smallest absolute Gasteiger partial charge is 0.150 e. The van der Waals surface area contributed by atoms with Crippen LogP contribution in [0.1, 0.15) is 0 Å². The van der Waals surface area contributed by atoms with Gasteiger partial charge in [0.05, 0.1) is 5.69 Å². The van der Waals surface area contributed by atoms with Gasteiger partial charge in [0, 0.05) is 8.95 Å². The SMILES string of the molecule is Nc1cc(Br)ccc1Oc1cccc(Br)c1. The van der Waals surface area contributed by atoms with Gasteiger partial charge in [0.2, 0.25) is 0 Å². The van der Waals surface area contributed by atoms with Crippen LogP contribution in [0.5, 0.6) is 11.5 Å². The summed E-state index contributed by atoms with van der Waals surface area (Å²) in [4.78, 5) is 0. The molecule has 0 radical (unpaired) electrons. The lowest BCUT2D eigenvalue weighted by Crippen LogP contribution is -1.91. The Bertz CT molecular complexity index is 514. The van der Waals surface area contributed by atoms with Crippen molar-refractivity contribution in [3.8, 4) is 11.5 Å². The van der Waals surface area contributed by atoms with Crippen molar-refractivity contribution in [3.63, 3.8) is 0 Å². The molecular weight excluding hydrogens is 334 g/mol. The molecule has 0 aromatic heterocycles. The van der Waals surface area contributed by atoms with Crippen molar-refractivity contribution >= 4 is 37.5 Å². The molecule has 16 heavy (non-hydrogen) atoms. The van der Waals surface area contributed by atoms with Gasteiger partial charge in [-0.2, -0.15) is 0 Å². The number of anilines is 1. The van der Waals surface area contributed by atoms with Crippen LogP contribution in [0.3, 0.4) is 0 Å². The summed E-state index contributed by atoms with van der Waals surface area (Å²) in [5.41, 5.74) is 6.45. The molecule has 2 N–H and O–H groups in total. The van der Waals surface area contributed by atoms with Crippen LogP contribution in [-0.4, -0.2) is 0 Å². The van der Waals surface area contributed by atoms with E-state index in [1.165, 1.54) is 0 Å². The zero-order valence-corrected chi connectivity index (χ0v) is 11.5. The summed E-state index contributed by atoms with van der Waals surface area (Å²) in [6, 6.07) is 13.2. The fourth-order valence-corrected chi connectivity index (χ4v) is 2.03. The first-order valence-corrected chi connectivity index (χ1v) is 6.22. The van der Waals surface area contributed by atoms with Crippen molar-refractivity contribution in [1.82, 2.24) is 0 Å². The van der Waals surface area contributed by atoms with Crippen LogP contribution in [-0.2, 0) is 0 Å². The second-order valence-corrected chi connectivity index (χ2v) is 5.07. The van der Waals surface area contributed by atoms with Crippen molar-refractivity contribution in [1.29, 1.82) is 0 Å². The minimum atomic E-state index is 0.606. The molecule has 0 bridgehead atoms. The van der Waals surface area contributed by atoms with E-state index in [1.54, 1.807) is 0 Å². The lowest BCUT2D eigenvalue weighted by atomic mass is 10.3. The number of hydrogen-bond acceptors (Lipinski definition) is 2. The first-order chi connectivity index (χ1) is 7.65. The molecule has 0 unspecified atom stereocenters. The number of nitrogens with two attached hydrogens (primary N) is 1. The molecule has 0 aliphatic carbocycles. The van der Waals surface area contributed by atoms with Crippen LogP contribution in [0, 0.1) is 0 Å². The fourth-order valence-electron chi connectivity index (χ4n) is 1.27. The zero-order valence-electron chi connectivity index (χ0n) is 8.28. The molecule has 2 aromatic carbocycles. The molecule has 0 amide bonds. The lowest BCUT2D eigenvalue weighted by Gasteiger charge is -2.08. The third-order valence-corrected chi connectivity index (χ3v) is 2.98. The maximum absolute atomic E-state index is 5.84. The maximum atomic E-state index is 5.84. The normalized spacial score (nSPS) is 10.1. The van der Waals surface area contributed by atoms with Gasteiger partial charge < -0.3 is 10.5 Å². The van der Waals surface area contributed by atoms with Gasteiger partial charge in [0.25, 0.3) is 0 Å². The molecule has 0 aliphatic rings. The average molecular weight is 343 g/mol. The second-order valence-electron chi connectivity index (χ2n) is 3.24. The number of rotatable bonds is 2. The van der Waals surface area contributed by atoms with Crippen LogP contribution in [0.4, 0.5) is 5.69 Å². The molecule has 2 rings (SSSR count). The minimum absolute atomic E-state index is 0.606. The van der Waals surface area contributed by atoms with Gasteiger partial charge >= 0.3 is 0 Å². The molecule has 0 saturated heterocycles. The van der Waals surface area contributed by atoms with Crippen molar-refractivity contribution in [3.05, 3.63) is 51.4 Å². The Kier molecular flexibility index (Phi) is 3.51. The van der Waals surface area contributed by atoms with E-state index in [-0.39, 0.29) is 0 Å². The van der Waals surface area contributed by atoms with Gasteiger partial charge in [-0.3, -0.25) is 0 Å². The number of halogens is 2. The van der Waals surface area contributed by atoms with Crippen LogP contribution in [0.2, 0.25) is 0 Å². The summed E-state index contributed by atoms with van der Waals surface area (Å²) in [6.45, 7) is 0. The second kappa shape index (κ2) is 4.89. The Morgan fingerprint density at radius 1 is 0.938 bits per heavy atom. The van der Waals surface area contributed by atoms with E-state index in [9.17, 15) is 0 Å². The highest BCUT2D eigenvalue weighted by Crippen LogP contribution is 2.30. The van der Waals surface area contributed by atoms with E-state index < -0.39 is 0 Å². The Morgan fingerprint density at radius 2 is 1.69 bits per heavy atom. The molecule has 0 saturated carbocycles. The highest BCUT2D eigenvalue weighted by atomic mass is 79.9. The lowest BCUT2D eigenvalue weighted by molar-refractivity contribution is 0.484. The first-order valence-electron chi connectivity index (χ1n) is 4.63. The molecule has 0 heterocycles. The van der Waals surface area contributed by atoms with Crippen LogP contribution in [0.25, 0.3) is 0 Å². The summed E-state index contributed by atoms with van der Waals surface area (Å²) in [7, 11) is 0. The quantitative estimate of drug-likeness (QED) is 0.810. The Labute approximate surface area is 111 Å². The number of nitrogen functional groups attached to an aromatic ring is 1. The standard InChI is InChI=1S/C12H9Br2NO/c13-8-2-1-3-10(6-8)16-12-5-4-9(14)7-11(12)15/h1-7H,15H2. The van der Waals surface area contributed by atoms with Crippen LogP contribution in [0.15, 0.2) is 51.4 Å². The van der Waals surface area contributed by atoms with E-state index in [2.05, 4.69) is 31.9 Å². The van der Waals surface area contributed by atoms with Crippen molar-refractivity contribution in [2.45, 2.75) is 0 Å². The third-order valence-electron chi connectivity index (χ3n) is 2.00. The third kappa shape index (κ3) is 2.77. The highest BCUT2D eigenvalue weighted by molar-refractivity contribution is 9.10. The molecule has 0 fully saturated rings. The largest absolute Gasteiger partial charge is 0.455 e. The molecular formula is C12H9Br2NO. The van der Waals surface area contributed by atoms with Crippen molar-refractivity contribution < 1.29 is 4.74 Å². The Morgan fingerprint density at radius 3 is 2.38 bits per heavy atom. The van der Waals surface area contributed by atoms with Gasteiger partial charge in [-0.25, -0.2) is 0 Å². The van der Waals surface area contributed by atoms with Crippen LogP contribution >= 0.6 is 31.9 Å². The zero-order chi connectivity index (χ0) is 11.5. The van der Waals surface area contributed by atoms with Gasteiger partial charge in [0.1, 0.15) is 11.5 Å². The van der Waals surface area contributed by atoms with E-state index in [0.29, 0.717) is 11.4 Å². The fraction of sp³-hybridized carbons (Fsp3) is 0. The van der Waals surface area contributed by atoms with E-state index in [4.69, 9.17) is 10.5 Å². The average Bonchev–Trinajstić information content (AvgIpc) is 2.22. The van der Waals surface area contributed by atoms with Gasteiger partial charge in [0.15, 0.2) is 0 Å². The molecule has 0 spiro atoms. The molecule has 4 heteroatoms. The number of hydrogen-bond donors (Lipinski definition) is 1. The number of ether oxygens (including phenoxy) is 1. The molecule has 2 nitrogen and oxygen atoms in total. The predicted molar refractivity (Wildman–Crippen MR) is 72.8 cm³/mol. The molecule has 0 atom stereocenters.